The van der Waals surface area contributed by atoms with E-state index in [1.807, 2.05) is 0 Å². The Morgan fingerprint density at radius 1 is 0.766 bits per heavy atom. The predicted molar refractivity (Wildman–Crippen MR) is 162 cm³/mol. The van der Waals surface area contributed by atoms with Gasteiger partial charge in [0.25, 0.3) is 0 Å². The molecule has 4 saturated carbocycles. The van der Waals surface area contributed by atoms with E-state index in [-0.39, 0.29) is 30.6 Å². The molecule has 4 fully saturated rings. The van der Waals surface area contributed by atoms with Crippen LogP contribution in [0.2, 0.25) is 0 Å². The number of carbonyl (C=O) groups excluding carboxylic acids is 6. The van der Waals surface area contributed by atoms with Crippen LogP contribution in [0.5, 0.6) is 0 Å². The average molecular weight is 657 g/mol. The highest BCUT2D eigenvalue weighted by Crippen LogP contribution is 2.69. The van der Waals surface area contributed by atoms with Crippen LogP contribution in [0.1, 0.15) is 85.0 Å². The fourth-order valence-corrected chi connectivity index (χ4v) is 9.62. The van der Waals surface area contributed by atoms with Crippen molar-refractivity contribution >= 4 is 35.6 Å². The minimum atomic E-state index is -2.09. The van der Waals surface area contributed by atoms with Crippen molar-refractivity contribution in [1.29, 1.82) is 0 Å². The number of esters is 5. The second kappa shape index (κ2) is 11.7. The molecule has 1 aromatic rings. The number of fused-ring (bicyclic) bond motifs is 5. The van der Waals surface area contributed by atoms with Gasteiger partial charge in [-0.15, -0.1) is 0 Å². The summed E-state index contributed by atoms with van der Waals surface area (Å²) in [4.78, 5) is 79.6. The minimum Gasteiger partial charge on any atom is -0.459 e. The molecule has 0 saturated heterocycles. The van der Waals surface area contributed by atoms with Crippen LogP contribution in [-0.2, 0) is 47.7 Å². The standard InChI is InChI=1S/C35H44O12/c1-17-14-34(42)25(26(17)46-29(41)22-12-10-9-11-13-22)28(43-18(2)36)35(47-21(5)39)15-23-24(16-32(6,7)27(23)40)33(8,30(34)44-19(3)37)31(35)45-20(4)38/h9-13,17,23-26,28,30-31,42H,14-16H2,1-8H3/t17-,23+,24-,25+,26-,28+,30+,31?,33+,34+,35+/m0/s1. The molecule has 1 N–H and O–H groups in total. The van der Waals surface area contributed by atoms with Gasteiger partial charge in [0.05, 0.1) is 16.9 Å². The normalized spacial score (nSPS) is 39.8. The zero-order valence-electron chi connectivity index (χ0n) is 28.1. The van der Waals surface area contributed by atoms with Gasteiger partial charge >= 0.3 is 29.8 Å². The summed E-state index contributed by atoms with van der Waals surface area (Å²) in [7, 11) is 0. The van der Waals surface area contributed by atoms with E-state index in [1.54, 1.807) is 58.0 Å². The van der Waals surface area contributed by atoms with Crippen molar-refractivity contribution in [2.75, 3.05) is 0 Å². The van der Waals surface area contributed by atoms with Crippen molar-refractivity contribution in [3.63, 3.8) is 0 Å². The van der Waals surface area contributed by atoms with E-state index in [1.165, 1.54) is 6.92 Å². The summed E-state index contributed by atoms with van der Waals surface area (Å²) in [5.41, 5.74) is -6.38. The van der Waals surface area contributed by atoms with Crippen molar-refractivity contribution in [1.82, 2.24) is 0 Å². The molecule has 1 aromatic carbocycles. The maximum atomic E-state index is 14.1. The van der Waals surface area contributed by atoms with E-state index in [0.717, 1.165) is 20.8 Å². The topological polar surface area (TPSA) is 169 Å². The highest BCUT2D eigenvalue weighted by molar-refractivity contribution is 5.90. The lowest BCUT2D eigenvalue weighted by atomic mass is 9.53. The van der Waals surface area contributed by atoms with Crippen molar-refractivity contribution < 1.29 is 57.6 Å². The van der Waals surface area contributed by atoms with Gasteiger partial charge in [0.15, 0.2) is 17.8 Å². The van der Waals surface area contributed by atoms with E-state index in [0.29, 0.717) is 0 Å². The molecule has 0 spiro atoms. The molecule has 11 atom stereocenters. The van der Waals surface area contributed by atoms with Gasteiger partial charge < -0.3 is 28.8 Å². The van der Waals surface area contributed by atoms with Gasteiger partial charge in [-0.2, -0.15) is 0 Å². The Balaban J connectivity index is 1.85. The Morgan fingerprint density at radius 3 is 1.89 bits per heavy atom. The SMILES string of the molecule is CC(=O)OC1[C@]2(C)[C@H]3CC(C)(C)C(=O)[C@@H]3C[C@@]1(OC(C)=O)[C@H](OC(C)=O)[C@H]1[C@@H](OC(=O)c3ccccc3)[C@@H](C)C[C@]1(O)[C@@H]2OC(C)=O. The van der Waals surface area contributed by atoms with Crippen LogP contribution in [0.15, 0.2) is 30.3 Å². The van der Waals surface area contributed by atoms with Crippen molar-refractivity contribution in [3.05, 3.63) is 35.9 Å². The van der Waals surface area contributed by atoms with Gasteiger partial charge in [0.2, 0.25) is 0 Å². The number of benzene rings is 1. The third kappa shape index (κ3) is 5.42. The molecule has 0 aliphatic heterocycles. The zero-order valence-corrected chi connectivity index (χ0v) is 28.1. The van der Waals surface area contributed by atoms with Gasteiger partial charge in [0.1, 0.15) is 23.6 Å². The lowest BCUT2D eigenvalue weighted by Crippen LogP contribution is -2.70. The molecule has 4 aliphatic rings. The van der Waals surface area contributed by atoms with Gasteiger partial charge in [-0.25, -0.2) is 4.79 Å². The zero-order chi connectivity index (χ0) is 34.9. The highest BCUT2D eigenvalue weighted by Gasteiger charge is 2.82. The van der Waals surface area contributed by atoms with Gasteiger partial charge in [-0.05, 0) is 36.8 Å². The van der Waals surface area contributed by atoms with Gasteiger partial charge in [0, 0.05) is 45.4 Å². The second-order valence-corrected chi connectivity index (χ2v) is 14.7. The number of carbonyl (C=O) groups is 6. The van der Waals surface area contributed by atoms with Gasteiger partial charge in [-0.3, -0.25) is 24.0 Å². The molecule has 5 rings (SSSR count). The first-order valence-electron chi connectivity index (χ1n) is 16.0. The molecule has 0 radical (unpaired) electrons. The fourth-order valence-electron chi connectivity index (χ4n) is 9.62. The van der Waals surface area contributed by atoms with Crippen LogP contribution < -0.4 is 0 Å². The molecule has 12 heteroatoms. The van der Waals surface area contributed by atoms with Crippen LogP contribution in [0.25, 0.3) is 0 Å². The number of hydrogen-bond acceptors (Lipinski definition) is 12. The minimum absolute atomic E-state index is 0.104. The smallest absolute Gasteiger partial charge is 0.338 e. The summed E-state index contributed by atoms with van der Waals surface area (Å²) < 4.78 is 30.5. The lowest BCUT2D eigenvalue weighted by molar-refractivity contribution is -0.268. The number of ether oxygens (including phenoxy) is 5. The van der Waals surface area contributed by atoms with Crippen LogP contribution in [-0.4, -0.2) is 76.4 Å². The Kier molecular flexibility index (Phi) is 8.61. The van der Waals surface area contributed by atoms with E-state index < -0.39 is 100.0 Å². The van der Waals surface area contributed by atoms with Gasteiger partial charge in [-0.1, -0.05) is 45.9 Å². The summed E-state index contributed by atoms with van der Waals surface area (Å²) in [5.74, 6) is -7.49. The van der Waals surface area contributed by atoms with Crippen LogP contribution in [0.3, 0.4) is 0 Å². The molecule has 2 bridgehead atoms. The Bertz CT molecular complexity index is 1490. The van der Waals surface area contributed by atoms with E-state index in [9.17, 15) is 33.9 Å². The predicted octanol–water partition coefficient (Wildman–Crippen LogP) is 3.35. The maximum Gasteiger partial charge on any atom is 0.338 e. The summed E-state index contributed by atoms with van der Waals surface area (Å²) in [6, 6.07) is 8.18. The van der Waals surface area contributed by atoms with Crippen molar-refractivity contribution in [2.45, 2.75) is 110 Å². The lowest BCUT2D eigenvalue weighted by Gasteiger charge is -2.58. The number of Topliss-reactive ketones (excluding diaryl/α,β-unsaturated/α-hetero) is 1. The largest absolute Gasteiger partial charge is 0.459 e. The molecular weight excluding hydrogens is 612 g/mol. The Hall–Kier alpha value is -3.80. The van der Waals surface area contributed by atoms with Crippen LogP contribution in [0.4, 0.5) is 0 Å². The molecule has 1 unspecified atom stereocenters. The highest BCUT2D eigenvalue weighted by atomic mass is 16.6. The number of rotatable bonds is 6. The van der Waals surface area contributed by atoms with Crippen LogP contribution >= 0.6 is 0 Å². The molecule has 4 aliphatic carbocycles. The molecule has 0 heterocycles. The molecule has 47 heavy (non-hydrogen) atoms. The first-order chi connectivity index (χ1) is 21.8. The van der Waals surface area contributed by atoms with E-state index >= 15 is 0 Å². The molecule has 12 nitrogen and oxygen atoms in total. The Labute approximate surface area is 273 Å². The third-order valence-corrected chi connectivity index (χ3v) is 11.0. The van der Waals surface area contributed by atoms with Crippen molar-refractivity contribution in [3.8, 4) is 0 Å². The quantitative estimate of drug-likeness (QED) is 0.351. The first-order valence-corrected chi connectivity index (χ1v) is 16.0. The maximum absolute atomic E-state index is 14.1. The summed E-state index contributed by atoms with van der Waals surface area (Å²) in [6.07, 6.45) is -5.80. The molecule has 0 aromatic heterocycles. The number of ketones is 1. The third-order valence-electron chi connectivity index (χ3n) is 11.0. The fraction of sp³-hybridized carbons (Fsp3) is 0.657. The van der Waals surface area contributed by atoms with Crippen LogP contribution in [0, 0.1) is 34.5 Å². The average Bonchev–Trinajstić information content (AvgIpc) is 3.34. The van der Waals surface area contributed by atoms with Crippen molar-refractivity contribution in [2.24, 2.45) is 34.5 Å². The monoisotopic (exact) mass is 656 g/mol. The van der Waals surface area contributed by atoms with E-state index in [2.05, 4.69) is 0 Å². The summed E-state index contributed by atoms with van der Waals surface area (Å²) in [5, 5.41) is 13.1. The number of aliphatic hydroxyl groups is 1. The molecule has 256 valence electrons. The second-order valence-electron chi connectivity index (χ2n) is 14.7. The Morgan fingerprint density at radius 2 is 1.34 bits per heavy atom. The van der Waals surface area contributed by atoms with E-state index in [4.69, 9.17) is 23.7 Å². The number of hydrogen-bond donors (Lipinski definition) is 1. The summed E-state index contributed by atoms with van der Waals surface area (Å²) >= 11 is 0. The molecule has 0 amide bonds. The molecular formula is C35H44O12. The first kappa shape index (κ1) is 34.5. The summed E-state index contributed by atoms with van der Waals surface area (Å²) in [6.45, 7) is 11.6.